The first kappa shape index (κ1) is 16.0. The van der Waals surface area contributed by atoms with Gasteiger partial charge in [-0.05, 0) is 32.0 Å². The molecule has 3 nitrogen and oxygen atoms in total. The fourth-order valence-corrected chi connectivity index (χ4v) is 3.54. The lowest BCUT2D eigenvalue weighted by Gasteiger charge is -2.39. The second-order valence-electron chi connectivity index (χ2n) is 5.67. The number of alkyl halides is 3. The number of nitrogen functional groups attached to an aromatic ring is 1. The Balaban J connectivity index is 2.42. The first-order valence-corrected chi connectivity index (χ1v) is 7.53. The van der Waals surface area contributed by atoms with Gasteiger partial charge in [0.1, 0.15) is 5.84 Å². The van der Waals surface area contributed by atoms with Gasteiger partial charge in [-0.25, -0.2) is 0 Å². The minimum atomic E-state index is -4.43. The number of nitrogens with two attached hydrogens (primary N) is 1. The highest BCUT2D eigenvalue weighted by atomic mass is 32.2. The Kier molecular flexibility index (Phi) is 4.15. The summed E-state index contributed by atoms with van der Waals surface area (Å²) in [6.45, 7) is 5.64. The van der Waals surface area contributed by atoms with Crippen molar-refractivity contribution in [2.75, 3.05) is 23.7 Å². The normalized spacial score (nSPS) is 18.6. The molecule has 0 amide bonds. The molecule has 7 heteroatoms. The van der Waals surface area contributed by atoms with Gasteiger partial charge < -0.3 is 10.6 Å². The molecule has 116 valence electrons. The third-order valence-corrected chi connectivity index (χ3v) is 4.68. The Morgan fingerprint density at radius 2 is 2.05 bits per heavy atom. The Morgan fingerprint density at radius 3 is 2.57 bits per heavy atom. The number of benzene rings is 1. The SMILES string of the molecule is CC1(C)CN(c2ccc(C(F)(F)F)cc2C(=N)N)CCS1. The van der Waals surface area contributed by atoms with E-state index in [1.165, 1.54) is 6.07 Å². The van der Waals surface area contributed by atoms with Crippen LogP contribution in [0.5, 0.6) is 0 Å². The van der Waals surface area contributed by atoms with Gasteiger partial charge in [0.2, 0.25) is 0 Å². The van der Waals surface area contributed by atoms with E-state index in [0.717, 1.165) is 24.4 Å². The summed E-state index contributed by atoms with van der Waals surface area (Å²) in [5.41, 5.74) is 5.46. The second-order valence-corrected chi connectivity index (χ2v) is 7.48. The third-order valence-electron chi connectivity index (χ3n) is 3.38. The van der Waals surface area contributed by atoms with Gasteiger partial charge in [-0.1, -0.05) is 0 Å². The Labute approximate surface area is 126 Å². The highest BCUT2D eigenvalue weighted by Gasteiger charge is 2.33. The van der Waals surface area contributed by atoms with E-state index >= 15 is 0 Å². The van der Waals surface area contributed by atoms with Gasteiger partial charge in [-0.2, -0.15) is 24.9 Å². The fraction of sp³-hybridized carbons (Fsp3) is 0.500. The molecule has 1 aromatic rings. The minimum Gasteiger partial charge on any atom is -0.384 e. The van der Waals surface area contributed by atoms with Crippen molar-refractivity contribution in [3.63, 3.8) is 0 Å². The maximum atomic E-state index is 12.8. The van der Waals surface area contributed by atoms with E-state index in [2.05, 4.69) is 13.8 Å². The first-order valence-electron chi connectivity index (χ1n) is 6.55. The van der Waals surface area contributed by atoms with Crippen molar-refractivity contribution in [3.8, 4) is 0 Å². The van der Waals surface area contributed by atoms with Crippen LogP contribution in [0, 0.1) is 5.41 Å². The molecule has 1 heterocycles. The molecule has 0 aromatic heterocycles. The summed E-state index contributed by atoms with van der Waals surface area (Å²) in [4.78, 5) is 2.01. The molecule has 1 aromatic carbocycles. The average molecular weight is 317 g/mol. The van der Waals surface area contributed by atoms with Crippen LogP contribution < -0.4 is 10.6 Å². The second kappa shape index (κ2) is 5.44. The Morgan fingerprint density at radius 1 is 1.38 bits per heavy atom. The summed E-state index contributed by atoms with van der Waals surface area (Å²) in [5, 5.41) is 7.57. The molecule has 0 atom stereocenters. The molecule has 1 fully saturated rings. The fourth-order valence-electron chi connectivity index (χ4n) is 2.43. The number of hydrogen-bond donors (Lipinski definition) is 2. The van der Waals surface area contributed by atoms with Crippen molar-refractivity contribution in [3.05, 3.63) is 29.3 Å². The van der Waals surface area contributed by atoms with E-state index in [1.54, 1.807) is 0 Å². The Hall–Kier alpha value is -1.37. The number of rotatable bonds is 2. The lowest BCUT2D eigenvalue weighted by molar-refractivity contribution is -0.137. The Bertz CT molecular complexity index is 555. The summed E-state index contributed by atoms with van der Waals surface area (Å²) in [6.07, 6.45) is -4.43. The first-order chi connectivity index (χ1) is 9.60. The third kappa shape index (κ3) is 3.64. The number of anilines is 1. The zero-order valence-corrected chi connectivity index (χ0v) is 12.7. The topological polar surface area (TPSA) is 53.1 Å². The zero-order valence-electron chi connectivity index (χ0n) is 11.9. The number of thioether (sulfide) groups is 1. The van der Waals surface area contributed by atoms with E-state index in [-0.39, 0.29) is 16.1 Å². The van der Waals surface area contributed by atoms with Gasteiger partial charge in [0.25, 0.3) is 0 Å². The molecule has 0 unspecified atom stereocenters. The van der Waals surface area contributed by atoms with Gasteiger partial charge in [-0.15, -0.1) is 0 Å². The van der Waals surface area contributed by atoms with Gasteiger partial charge in [-0.3, -0.25) is 5.41 Å². The summed E-state index contributed by atoms with van der Waals surface area (Å²) in [6, 6.07) is 3.44. The number of halogens is 3. The van der Waals surface area contributed by atoms with Gasteiger partial charge in [0.15, 0.2) is 0 Å². The highest BCUT2D eigenvalue weighted by molar-refractivity contribution is 8.00. The van der Waals surface area contributed by atoms with E-state index in [1.807, 2.05) is 16.7 Å². The smallest absolute Gasteiger partial charge is 0.384 e. The molecule has 0 aliphatic carbocycles. The molecule has 1 aliphatic rings. The van der Waals surface area contributed by atoms with Crippen LogP contribution in [0.1, 0.15) is 25.0 Å². The molecule has 1 aliphatic heterocycles. The van der Waals surface area contributed by atoms with E-state index in [0.29, 0.717) is 12.2 Å². The molecule has 0 spiro atoms. The summed E-state index contributed by atoms with van der Waals surface area (Å²) in [7, 11) is 0. The van der Waals surface area contributed by atoms with Gasteiger partial charge in [0.05, 0.1) is 5.56 Å². The van der Waals surface area contributed by atoms with Crippen molar-refractivity contribution in [1.82, 2.24) is 0 Å². The van der Waals surface area contributed by atoms with Gasteiger partial charge >= 0.3 is 6.18 Å². The molecule has 2 rings (SSSR count). The van der Waals surface area contributed by atoms with Crippen molar-refractivity contribution in [2.24, 2.45) is 5.73 Å². The molecular formula is C14H18F3N3S. The lowest BCUT2D eigenvalue weighted by Crippen LogP contribution is -2.44. The van der Waals surface area contributed by atoms with E-state index in [9.17, 15) is 13.2 Å². The molecule has 0 radical (unpaired) electrons. The number of nitrogens with zero attached hydrogens (tertiary/aromatic N) is 1. The van der Waals surface area contributed by atoms with Crippen LogP contribution in [-0.4, -0.2) is 29.4 Å². The maximum absolute atomic E-state index is 12.8. The largest absolute Gasteiger partial charge is 0.416 e. The predicted molar refractivity (Wildman–Crippen MR) is 81.2 cm³/mol. The predicted octanol–water partition coefficient (Wildman–Crippen LogP) is 3.32. The summed E-state index contributed by atoms with van der Waals surface area (Å²) < 4.78 is 38.4. The van der Waals surface area contributed by atoms with Crippen molar-refractivity contribution < 1.29 is 13.2 Å². The summed E-state index contributed by atoms with van der Waals surface area (Å²) in [5.74, 6) is 0.554. The summed E-state index contributed by atoms with van der Waals surface area (Å²) >= 11 is 1.83. The molecule has 0 saturated carbocycles. The molecule has 1 saturated heterocycles. The lowest BCUT2D eigenvalue weighted by atomic mass is 10.0. The molecule has 3 N–H and O–H groups in total. The van der Waals surface area contributed by atoms with Crippen LogP contribution in [0.3, 0.4) is 0 Å². The molecule has 21 heavy (non-hydrogen) atoms. The van der Waals surface area contributed by atoms with Crippen molar-refractivity contribution in [2.45, 2.75) is 24.8 Å². The zero-order chi connectivity index (χ0) is 15.8. The standard InChI is InChI=1S/C14H18F3N3S/c1-13(2)8-20(5-6-21-13)11-4-3-9(14(15,16)17)7-10(11)12(18)19/h3-4,7H,5-6,8H2,1-2H3,(H3,18,19). The maximum Gasteiger partial charge on any atom is 0.416 e. The van der Waals surface area contributed by atoms with Crippen molar-refractivity contribution >= 4 is 23.3 Å². The number of nitrogens with one attached hydrogen (secondary N) is 1. The average Bonchev–Trinajstić information content (AvgIpc) is 2.35. The van der Waals surface area contributed by atoms with Crippen LogP contribution in [0.4, 0.5) is 18.9 Å². The van der Waals surface area contributed by atoms with Crippen molar-refractivity contribution in [1.29, 1.82) is 5.41 Å². The number of amidine groups is 1. The van der Waals surface area contributed by atoms with E-state index < -0.39 is 11.7 Å². The van der Waals surface area contributed by atoms with Gasteiger partial charge in [0, 0.05) is 34.8 Å². The van der Waals surface area contributed by atoms with Crippen LogP contribution in [0.2, 0.25) is 0 Å². The minimum absolute atomic E-state index is 0.0228. The monoisotopic (exact) mass is 317 g/mol. The quantitative estimate of drug-likeness (QED) is 0.650. The van der Waals surface area contributed by atoms with Crippen LogP contribution in [-0.2, 0) is 6.18 Å². The highest BCUT2D eigenvalue weighted by Crippen LogP contribution is 2.36. The number of hydrogen-bond acceptors (Lipinski definition) is 3. The van der Waals surface area contributed by atoms with Crippen LogP contribution >= 0.6 is 11.8 Å². The van der Waals surface area contributed by atoms with E-state index in [4.69, 9.17) is 11.1 Å². The van der Waals surface area contributed by atoms with Crippen LogP contribution in [0.15, 0.2) is 18.2 Å². The van der Waals surface area contributed by atoms with Crippen LogP contribution in [0.25, 0.3) is 0 Å². The molecular weight excluding hydrogens is 299 g/mol. The molecule has 0 bridgehead atoms.